The van der Waals surface area contributed by atoms with Crippen molar-refractivity contribution in [2.24, 2.45) is 11.8 Å². The Hall–Kier alpha value is -1.17. The molecule has 0 bridgehead atoms. The highest BCUT2D eigenvalue weighted by Crippen LogP contribution is 2.37. The molecule has 2 aliphatic heterocycles. The molecule has 0 aromatic carbocycles. The van der Waals surface area contributed by atoms with E-state index in [1.165, 1.54) is 0 Å². The van der Waals surface area contributed by atoms with E-state index < -0.39 is 6.17 Å². The third-order valence-electron chi connectivity index (χ3n) is 5.51. The number of rotatable bonds is 3. The number of likely N-dealkylation sites (tertiary alicyclic amines) is 1. The molecule has 4 aliphatic rings. The van der Waals surface area contributed by atoms with Crippen LogP contribution < -0.4 is 5.32 Å². The summed E-state index contributed by atoms with van der Waals surface area (Å²) in [4.78, 5) is 26.2. The second-order valence-electron chi connectivity index (χ2n) is 7.28. The first-order valence-corrected chi connectivity index (χ1v) is 8.49. The molecule has 122 valence electrons. The fourth-order valence-corrected chi connectivity index (χ4v) is 3.83. The predicted molar refractivity (Wildman–Crippen MR) is 76.7 cm³/mol. The fraction of sp³-hybridized carbons (Fsp3) is 0.875. The summed E-state index contributed by atoms with van der Waals surface area (Å²) in [6.07, 6.45) is 3.35. The monoisotopic (exact) mass is 310 g/mol. The van der Waals surface area contributed by atoms with E-state index in [-0.39, 0.29) is 29.9 Å². The van der Waals surface area contributed by atoms with E-state index in [1.807, 2.05) is 4.90 Å². The Balaban J connectivity index is 1.31. The van der Waals surface area contributed by atoms with Crippen LogP contribution in [-0.4, -0.2) is 54.2 Å². The highest BCUT2D eigenvalue weighted by Gasteiger charge is 2.45. The second-order valence-corrected chi connectivity index (χ2v) is 7.28. The van der Waals surface area contributed by atoms with Crippen molar-refractivity contribution in [1.29, 1.82) is 0 Å². The number of halogens is 1. The molecule has 2 saturated carbocycles. The topological polar surface area (TPSA) is 58.6 Å². The zero-order valence-electron chi connectivity index (χ0n) is 12.7. The first-order chi connectivity index (χ1) is 10.6. The minimum atomic E-state index is -0.801. The van der Waals surface area contributed by atoms with Gasteiger partial charge in [0.25, 0.3) is 0 Å². The van der Waals surface area contributed by atoms with Crippen LogP contribution in [0.15, 0.2) is 0 Å². The average molecular weight is 310 g/mol. The van der Waals surface area contributed by atoms with Gasteiger partial charge in [0, 0.05) is 25.0 Å². The summed E-state index contributed by atoms with van der Waals surface area (Å²) >= 11 is 0. The van der Waals surface area contributed by atoms with Crippen molar-refractivity contribution < 1.29 is 18.7 Å². The lowest BCUT2D eigenvalue weighted by molar-refractivity contribution is -0.145. The summed E-state index contributed by atoms with van der Waals surface area (Å²) < 4.78 is 18.8. The fourth-order valence-electron chi connectivity index (χ4n) is 3.83. The van der Waals surface area contributed by atoms with Crippen molar-refractivity contribution in [3.05, 3.63) is 0 Å². The second kappa shape index (κ2) is 5.48. The molecule has 3 atom stereocenters. The number of hydrogen-bond donors (Lipinski definition) is 1. The van der Waals surface area contributed by atoms with Crippen LogP contribution in [0.2, 0.25) is 0 Å². The van der Waals surface area contributed by atoms with E-state index in [0.29, 0.717) is 37.9 Å². The van der Waals surface area contributed by atoms with E-state index in [2.05, 4.69) is 5.32 Å². The van der Waals surface area contributed by atoms with E-state index in [1.54, 1.807) is 0 Å². The normalized spacial score (nSPS) is 40.8. The number of nitrogens with one attached hydrogen (secondary N) is 1. The number of fused-ring (bicyclic) bond motifs is 1. The van der Waals surface area contributed by atoms with Crippen molar-refractivity contribution in [2.45, 2.75) is 62.9 Å². The van der Waals surface area contributed by atoms with Crippen molar-refractivity contribution in [3.63, 3.8) is 0 Å². The lowest BCUT2D eigenvalue weighted by Gasteiger charge is -2.39. The Morgan fingerprint density at radius 3 is 2.59 bits per heavy atom. The molecule has 2 aliphatic carbocycles. The Bertz CT molecular complexity index is 476. The van der Waals surface area contributed by atoms with Gasteiger partial charge in [-0.3, -0.25) is 9.59 Å². The molecule has 2 heterocycles. The third kappa shape index (κ3) is 2.73. The predicted octanol–water partition coefficient (Wildman–Crippen LogP) is 1.02. The lowest BCUT2D eigenvalue weighted by Crippen LogP contribution is -2.50. The van der Waals surface area contributed by atoms with Crippen molar-refractivity contribution in [2.75, 3.05) is 13.1 Å². The maximum atomic E-state index is 12.9. The van der Waals surface area contributed by atoms with Crippen molar-refractivity contribution in [1.82, 2.24) is 10.2 Å². The molecule has 1 unspecified atom stereocenters. The molecule has 5 nitrogen and oxygen atoms in total. The first-order valence-electron chi connectivity index (χ1n) is 8.49. The lowest BCUT2D eigenvalue weighted by atomic mass is 9.81. The number of nitrogens with zero attached hydrogens (tertiary/aromatic N) is 1. The molecule has 0 aromatic rings. The highest BCUT2D eigenvalue weighted by molar-refractivity contribution is 5.82. The van der Waals surface area contributed by atoms with Crippen LogP contribution in [0.4, 0.5) is 4.39 Å². The zero-order valence-corrected chi connectivity index (χ0v) is 12.7. The van der Waals surface area contributed by atoms with E-state index >= 15 is 0 Å². The summed E-state index contributed by atoms with van der Waals surface area (Å²) in [5, 5.41) is 2.99. The third-order valence-corrected chi connectivity index (χ3v) is 5.51. The molecule has 0 radical (unpaired) electrons. The number of carbonyl (C=O) groups is 2. The van der Waals surface area contributed by atoms with Gasteiger partial charge in [-0.25, -0.2) is 4.39 Å². The van der Waals surface area contributed by atoms with Crippen molar-refractivity contribution in [3.8, 4) is 0 Å². The molecule has 0 spiro atoms. The van der Waals surface area contributed by atoms with Gasteiger partial charge in [0.05, 0.1) is 6.10 Å². The SMILES string of the molecule is O=C(NC1CC1)C1C[C@@H]2CCN(C(=O)C3CC(F)C3)C[C@@H]2O1. The summed E-state index contributed by atoms with van der Waals surface area (Å²) in [5.74, 6) is 0.312. The van der Waals surface area contributed by atoms with Crippen LogP contribution in [0.1, 0.15) is 38.5 Å². The van der Waals surface area contributed by atoms with E-state index in [0.717, 1.165) is 25.7 Å². The van der Waals surface area contributed by atoms with Gasteiger partial charge in [-0.15, -0.1) is 0 Å². The van der Waals surface area contributed by atoms with Crippen LogP contribution in [-0.2, 0) is 14.3 Å². The molecular weight excluding hydrogens is 287 g/mol. The number of alkyl halides is 1. The van der Waals surface area contributed by atoms with Crippen LogP contribution in [0, 0.1) is 11.8 Å². The Morgan fingerprint density at radius 1 is 1.14 bits per heavy atom. The smallest absolute Gasteiger partial charge is 0.249 e. The van der Waals surface area contributed by atoms with Gasteiger partial charge in [-0.05, 0) is 44.4 Å². The molecule has 1 N–H and O–H groups in total. The molecular formula is C16H23FN2O3. The van der Waals surface area contributed by atoms with Crippen molar-refractivity contribution >= 4 is 11.8 Å². The Morgan fingerprint density at radius 2 is 1.91 bits per heavy atom. The number of hydrogen-bond acceptors (Lipinski definition) is 3. The molecule has 4 rings (SSSR count). The molecule has 6 heteroatoms. The average Bonchev–Trinajstić information content (AvgIpc) is 3.17. The van der Waals surface area contributed by atoms with Gasteiger partial charge in [-0.2, -0.15) is 0 Å². The number of piperidine rings is 1. The Labute approximate surface area is 129 Å². The number of amides is 2. The standard InChI is InChI=1S/C16H23FN2O3/c17-11-5-10(6-11)16(21)19-4-3-9-7-13(22-14(9)8-19)15(20)18-12-1-2-12/h9-14H,1-8H2,(H,18,20)/t9-,10?,11?,13?,14-/m0/s1. The molecule has 0 aromatic heterocycles. The molecule has 2 saturated heterocycles. The zero-order chi connectivity index (χ0) is 15.3. The van der Waals surface area contributed by atoms with Gasteiger partial charge in [0.1, 0.15) is 12.3 Å². The summed E-state index contributed by atoms with van der Waals surface area (Å²) in [7, 11) is 0. The minimum Gasteiger partial charge on any atom is -0.363 e. The maximum Gasteiger partial charge on any atom is 0.249 e. The van der Waals surface area contributed by atoms with E-state index in [9.17, 15) is 14.0 Å². The largest absolute Gasteiger partial charge is 0.363 e. The summed E-state index contributed by atoms with van der Waals surface area (Å²) in [5.41, 5.74) is 0. The maximum absolute atomic E-state index is 12.9. The molecule has 22 heavy (non-hydrogen) atoms. The van der Waals surface area contributed by atoms with E-state index in [4.69, 9.17) is 4.74 Å². The van der Waals surface area contributed by atoms with Gasteiger partial charge in [-0.1, -0.05) is 0 Å². The van der Waals surface area contributed by atoms with Crippen LogP contribution in [0.3, 0.4) is 0 Å². The van der Waals surface area contributed by atoms with Crippen LogP contribution in [0.25, 0.3) is 0 Å². The summed E-state index contributed by atoms with van der Waals surface area (Å²) in [6.45, 7) is 1.28. The van der Waals surface area contributed by atoms with Gasteiger partial charge < -0.3 is 15.0 Å². The van der Waals surface area contributed by atoms with Gasteiger partial charge in [0.2, 0.25) is 11.8 Å². The minimum absolute atomic E-state index is 0.00837. The van der Waals surface area contributed by atoms with Gasteiger partial charge in [0.15, 0.2) is 0 Å². The highest BCUT2D eigenvalue weighted by atomic mass is 19.1. The quantitative estimate of drug-likeness (QED) is 0.847. The first kappa shape index (κ1) is 14.4. The molecule has 4 fully saturated rings. The number of carbonyl (C=O) groups excluding carboxylic acids is 2. The Kier molecular flexibility index (Phi) is 3.59. The van der Waals surface area contributed by atoms with Crippen LogP contribution in [0.5, 0.6) is 0 Å². The van der Waals surface area contributed by atoms with Gasteiger partial charge >= 0.3 is 0 Å². The molecule has 2 amide bonds. The van der Waals surface area contributed by atoms with Crippen LogP contribution >= 0.6 is 0 Å². The summed E-state index contributed by atoms with van der Waals surface area (Å²) in [6, 6.07) is 0.351. The number of ether oxygens (including phenoxy) is 1.